The molecule has 3 heterocycles. The van der Waals surface area contributed by atoms with Gasteiger partial charge < -0.3 is 80.9 Å². The monoisotopic (exact) mass is 1010 g/mol. The number of carbonyl (C=O) groups is 11. The van der Waals surface area contributed by atoms with Crippen LogP contribution in [-0.4, -0.2) is 189 Å². The van der Waals surface area contributed by atoms with E-state index in [1.165, 1.54) is 0 Å². The van der Waals surface area contributed by atoms with Crippen molar-refractivity contribution in [3.63, 3.8) is 0 Å². The van der Waals surface area contributed by atoms with Crippen LogP contribution in [0.2, 0.25) is 0 Å². The van der Waals surface area contributed by atoms with Gasteiger partial charge >= 0.3 is 65.7 Å². The molecule has 3 rings (SSSR count). The van der Waals surface area contributed by atoms with E-state index in [-0.39, 0.29) is 19.4 Å². The summed E-state index contributed by atoms with van der Waals surface area (Å²) in [6, 6.07) is 0. The summed E-state index contributed by atoms with van der Waals surface area (Å²) in [5.74, 6) is -10.9. The van der Waals surface area contributed by atoms with Gasteiger partial charge in [0.1, 0.15) is 50.3 Å². The molecule has 15 atom stereocenters. The van der Waals surface area contributed by atoms with E-state index in [9.17, 15) is 52.7 Å². The molecule has 0 aromatic heterocycles. The number of carbonyl (C=O) groups excluding carboxylic acids is 10. The maximum atomic E-state index is 13.0. The van der Waals surface area contributed by atoms with Crippen LogP contribution in [0.4, 0.5) is 0 Å². The molecule has 70 heavy (non-hydrogen) atoms. The van der Waals surface area contributed by atoms with Gasteiger partial charge in [0.15, 0.2) is 61.6 Å². The molecule has 0 bridgehead atoms. The highest BCUT2D eigenvalue weighted by atomic mass is 16.8. The Balaban J connectivity index is 2.29. The Bertz CT molecular complexity index is 1900. The van der Waals surface area contributed by atoms with Crippen molar-refractivity contribution in [3.05, 3.63) is 0 Å². The van der Waals surface area contributed by atoms with E-state index in [1.54, 1.807) is 0 Å². The summed E-state index contributed by atoms with van der Waals surface area (Å²) in [5, 5.41) is 9.15. The first-order valence-electron chi connectivity index (χ1n) is 21.5. The molecule has 6 unspecified atom stereocenters. The van der Waals surface area contributed by atoms with Crippen LogP contribution in [0.15, 0.2) is 0 Å². The van der Waals surface area contributed by atoms with Crippen LogP contribution >= 0.6 is 0 Å². The van der Waals surface area contributed by atoms with E-state index in [2.05, 4.69) is 0 Å². The summed E-state index contributed by atoms with van der Waals surface area (Å²) in [4.78, 5) is 137. The lowest BCUT2D eigenvalue weighted by Gasteiger charge is -2.50. The molecule has 1 N–H and O–H groups in total. The third-order valence-corrected chi connectivity index (χ3v) is 9.64. The van der Waals surface area contributed by atoms with Crippen LogP contribution in [0.1, 0.15) is 82.1 Å². The zero-order valence-corrected chi connectivity index (χ0v) is 39.9. The van der Waals surface area contributed by atoms with Crippen molar-refractivity contribution in [1.29, 1.82) is 0 Å². The summed E-state index contributed by atoms with van der Waals surface area (Å²) >= 11 is 0. The molecule has 0 saturated carbocycles. The first-order chi connectivity index (χ1) is 32.8. The first-order valence-corrected chi connectivity index (χ1v) is 21.5. The van der Waals surface area contributed by atoms with Crippen molar-refractivity contribution in [2.45, 2.75) is 174 Å². The Labute approximate surface area is 399 Å². The van der Waals surface area contributed by atoms with Crippen molar-refractivity contribution >= 4 is 65.7 Å². The number of ether oxygens (including phenoxy) is 16. The van der Waals surface area contributed by atoms with E-state index < -0.39 is 178 Å². The van der Waals surface area contributed by atoms with E-state index >= 15 is 0 Å². The fourth-order valence-corrected chi connectivity index (χ4v) is 7.31. The van der Waals surface area contributed by atoms with Crippen molar-refractivity contribution in [1.82, 2.24) is 0 Å². The maximum absolute atomic E-state index is 13.0. The van der Waals surface area contributed by atoms with Crippen LogP contribution in [0, 0.1) is 0 Å². The average molecular weight is 1010 g/mol. The second-order valence-electron chi connectivity index (χ2n) is 15.6. The van der Waals surface area contributed by atoms with Gasteiger partial charge in [-0.2, -0.15) is 0 Å². The topological polar surface area (TPSA) is 356 Å². The van der Waals surface area contributed by atoms with Gasteiger partial charge in [-0.1, -0.05) is 0 Å². The number of rotatable bonds is 22. The fourth-order valence-electron chi connectivity index (χ4n) is 7.31. The molecule has 0 radical (unpaired) electrons. The molecule has 3 aliphatic rings. The lowest BCUT2D eigenvalue weighted by Crippen LogP contribution is -2.69. The van der Waals surface area contributed by atoms with Crippen molar-refractivity contribution < 1.29 is 134 Å². The van der Waals surface area contributed by atoms with Crippen LogP contribution in [0.25, 0.3) is 0 Å². The lowest BCUT2D eigenvalue weighted by atomic mass is 9.95. The highest BCUT2D eigenvalue weighted by Gasteiger charge is 2.60. The van der Waals surface area contributed by atoms with Gasteiger partial charge in [0.25, 0.3) is 0 Å². The molecule has 0 spiro atoms. The quantitative estimate of drug-likeness (QED) is 0.0774. The summed E-state index contributed by atoms with van der Waals surface area (Å²) in [7, 11) is 0. The molecule has 0 aromatic rings. The van der Waals surface area contributed by atoms with E-state index in [1.807, 2.05) is 0 Å². The van der Waals surface area contributed by atoms with Gasteiger partial charge in [-0.05, 0) is 6.42 Å². The van der Waals surface area contributed by atoms with Gasteiger partial charge in [-0.15, -0.1) is 0 Å². The summed E-state index contributed by atoms with van der Waals surface area (Å²) < 4.78 is 91.6. The van der Waals surface area contributed by atoms with E-state index in [4.69, 9.17) is 80.9 Å². The van der Waals surface area contributed by atoms with Crippen LogP contribution in [0.3, 0.4) is 0 Å². The van der Waals surface area contributed by atoms with Gasteiger partial charge in [-0.3, -0.25) is 52.7 Å². The lowest BCUT2D eigenvalue weighted by molar-refractivity contribution is -0.380. The molecular weight excluding hydrogens is 952 g/mol. The Morgan fingerprint density at radius 1 is 0.357 bits per heavy atom. The second-order valence-corrected chi connectivity index (χ2v) is 15.6. The Morgan fingerprint density at radius 2 is 0.629 bits per heavy atom. The third-order valence-electron chi connectivity index (χ3n) is 9.64. The van der Waals surface area contributed by atoms with Crippen molar-refractivity contribution in [2.24, 2.45) is 0 Å². The predicted octanol–water partition coefficient (Wildman–Crippen LogP) is -0.976. The normalized spacial score (nSPS) is 30.5. The SMILES string of the molecule is CC(=O)OCC1O[C@@H](O[C@H]2C(COC(C)=O)O[C@@H](O[C@H]3C(COC(C)=O)O[C@@H](OCCCC(=O)O)C(OC(C)=O)[C@H]3OC(C)=O)C(OC(C)=O)[C@@H]2OC(C)=O)C(OC(C)=O)[C@@H](OC(C)=O)[C@H]1OC(C)=O. The number of aliphatic carboxylic acids is 1. The standard InChI is InChI=1S/C42H58O28/c1-17(43)56-14-27-31(59-20(4)46)34(60-21(5)47)38(64-25(9)51)41(67-27)70-33-29(16-58-19(3)45)68-42(39(65-26(10)52)36(33)62-23(7)49)69-32-28(15-57-18(2)44)66-40(55-13-11-12-30(53)54)37(63-24(8)50)35(32)61-22(6)48/h27-29,31-42H,11-16H2,1-10H3,(H,53,54)/t27?,28?,29?,31-,32-,33-,34-,35-,36+,37?,38?,39?,40+,41-,42-/m0/s1. The van der Waals surface area contributed by atoms with E-state index in [0.29, 0.717) is 0 Å². The third kappa shape index (κ3) is 18.4. The minimum absolute atomic E-state index is 0.0726. The van der Waals surface area contributed by atoms with Crippen LogP contribution in [-0.2, 0) is 129 Å². The minimum Gasteiger partial charge on any atom is -0.481 e. The van der Waals surface area contributed by atoms with Gasteiger partial charge in [-0.25, -0.2) is 0 Å². The zero-order chi connectivity index (χ0) is 52.6. The zero-order valence-electron chi connectivity index (χ0n) is 39.9. The largest absolute Gasteiger partial charge is 0.481 e. The van der Waals surface area contributed by atoms with Gasteiger partial charge in [0.2, 0.25) is 0 Å². The molecule has 0 aliphatic carbocycles. The molecule has 3 fully saturated rings. The van der Waals surface area contributed by atoms with Crippen molar-refractivity contribution in [2.75, 3.05) is 26.4 Å². The number of carboxylic acids is 1. The molecule has 0 aromatic carbocycles. The second kappa shape index (κ2) is 27.4. The number of carboxylic acid groups (broad SMARTS) is 1. The van der Waals surface area contributed by atoms with E-state index in [0.717, 1.165) is 69.2 Å². The summed E-state index contributed by atoms with van der Waals surface area (Å²) in [6.07, 6.45) is -27.4. The first kappa shape index (κ1) is 58.2. The predicted molar refractivity (Wildman–Crippen MR) is 217 cm³/mol. The molecule has 28 heteroatoms. The Hall–Kier alpha value is -6.07. The maximum Gasteiger partial charge on any atom is 0.303 e. The molecular formula is C42H58O28. The smallest absolute Gasteiger partial charge is 0.303 e. The number of hydrogen-bond donors (Lipinski definition) is 1. The van der Waals surface area contributed by atoms with Crippen LogP contribution in [0.5, 0.6) is 0 Å². The highest BCUT2D eigenvalue weighted by Crippen LogP contribution is 2.38. The molecule has 394 valence electrons. The summed E-state index contributed by atoms with van der Waals surface area (Å²) in [5.41, 5.74) is 0. The Morgan fingerprint density at radius 3 is 0.943 bits per heavy atom. The molecule has 3 saturated heterocycles. The Kier molecular flexibility index (Phi) is 22.8. The molecule has 3 aliphatic heterocycles. The van der Waals surface area contributed by atoms with Crippen LogP contribution < -0.4 is 0 Å². The highest BCUT2D eigenvalue weighted by molar-refractivity contribution is 5.70. The molecule has 28 nitrogen and oxygen atoms in total. The summed E-state index contributed by atoms with van der Waals surface area (Å²) in [6.45, 7) is 7.31. The minimum atomic E-state index is -2.05. The van der Waals surface area contributed by atoms with Gasteiger partial charge in [0, 0.05) is 75.7 Å². The van der Waals surface area contributed by atoms with Crippen molar-refractivity contribution in [3.8, 4) is 0 Å². The fraction of sp³-hybridized carbons (Fsp3) is 0.738. The number of esters is 10. The average Bonchev–Trinajstić information content (AvgIpc) is 3.22. The molecule has 0 amide bonds. The number of hydrogen-bond acceptors (Lipinski definition) is 27. The van der Waals surface area contributed by atoms with Gasteiger partial charge in [0.05, 0.1) is 6.61 Å².